The number of carbonyl (C=O) groups is 1. The van der Waals surface area contributed by atoms with Crippen molar-refractivity contribution in [3.63, 3.8) is 0 Å². The average Bonchev–Trinajstić information content (AvgIpc) is 3.11. The van der Waals surface area contributed by atoms with Crippen LogP contribution in [0.3, 0.4) is 0 Å². The van der Waals surface area contributed by atoms with Crippen LogP contribution in [0.2, 0.25) is 0 Å². The number of hydrogen-bond donors (Lipinski definition) is 2. The second-order valence-electron chi connectivity index (χ2n) is 7.07. The van der Waals surface area contributed by atoms with Crippen molar-refractivity contribution in [2.45, 2.75) is 26.7 Å². The SMILES string of the molecule is Cc1ccc(N2CCCC2)c(C(=O)Nc2ccc(C)c(NS(C)(=O)=O)c2)c1. The van der Waals surface area contributed by atoms with Gasteiger partial charge in [0.15, 0.2) is 0 Å². The topological polar surface area (TPSA) is 78.5 Å². The molecule has 7 heteroatoms. The van der Waals surface area contributed by atoms with Crippen LogP contribution < -0.4 is 14.9 Å². The zero-order valence-corrected chi connectivity index (χ0v) is 16.7. The van der Waals surface area contributed by atoms with Gasteiger partial charge >= 0.3 is 0 Å². The van der Waals surface area contributed by atoms with Crippen molar-refractivity contribution in [1.82, 2.24) is 0 Å². The molecule has 2 aromatic carbocycles. The molecule has 144 valence electrons. The van der Waals surface area contributed by atoms with Crippen molar-refractivity contribution in [1.29, 1.82) is 0 Å². The van der Waals surface area contributed by atoms with Gasteiger partial charge in [0.2, 0.25) is 10.0 Å². The van der Waals surface area contributed by atoms with E-state index in [2.05, 4.69) is 14.9 Å². The molecule has 27 heavy (non-hydrogen) atoms. The van der Waals surface area contributed by atoms with Gasteiger partial charge in [-0.25, -0.2) is 8.42 Å². The summed E-state index contributed by atoms with van der Waals surface area (Å²) >= 11 is 0. The van der Waals surface area contributed by atoms with E-state index in [9.17, 15) is 13.2 Å². The lowest BCUT2D eigenvalue weighted by molar-refractivity contribution is 0.102. The molecular weight excluding hydrogens is 362 g/mol. The summed E-state index contributed by atoms with van der Waals surface area (Å²) in [6.07, 6.45) is 3.37. The van der Waals surface area contributed by atoms with Gasteiger partial charge in [0.1, 0.15) is 0 Å². The molecule has 0 aromatic heterocycles. The highest BCUT2D eigenvalue weighted by molar-refractivity contribution is 7.92. The van der Waals surface area contributed by atoms with E-state index in [1.165, 1.54) is 0 Å². The second kappa shape index (κ2) is 7.60. The minimum absolute atomic E-state index is 0.199. The standard InChI is InChI=1S/C20H25N3O3S/c1-14-6-9-19(23-10-4-5-11-23)17(12-14)20(24)21-16-8-7-15(2)18(13-16)22-27(3,25)26/h6-9,12-13,22H,4-5,10-11H2,1-3H3,(H,21,24). The Labute approximate surface area is 160 Å². The number of nitrogens with zero attached hydrogens (tertiary/aromatic N) is 1. The number of hydrogen-bond acceptors (Lipinski definition) is 4. The second-order valence-corrected chi connectivity index (χ2v) is 8.82. The molecule has 0 radical (unpaired) electrons. The Bertz CT molecular complexity index is 964. The maximum Gasteiger partial charge on any atom is 0.257 e. The first-order chi connectivity index (χ1) is 12.7. The summed E-state index contributed by atoms with van der Waals surface area (Å²) in [5.74, 6) is -0.199. The zero-order valence-electron chi connectivity index (χ0n) is 15.9. The van der Waals surface area contributed by atoms with E-state index in [4.69, 9.17) is 0 Å². The molecule has 1 heterocycles. The van der Waals surface area contributed by atoms with Gasteiger partial charge in [0.05, 0.1) is 17.5 Å². The fraction of sp³-hybridized carbons (Fsp3) is 0.350. The molecule has 3 rings (SSSR count). The minimum atomic E-state index is -3.39. The van der Waals surface area contributed by atoms with Gasteiger partial charge in [-0.05, 0) is 56.5 Å². The number of nitrogens with one attached hydrogen (secondary N) is 2. The molecule has 1 aliphatic heterocycles. The maximum atomic E-state index is 12.9. The Morgan fingerprint density at radius 3 is 2.41 bits per heavy atom. The van der Waals surface area contributed by atoms with E-state index in [1.807, 2.05) is 32.0 Å². The monoisotopic (exact) mass is 387 g/mol. The molecule has 6 nitrogen and oxygen atoms in total. The number of benzene rings is 2. The maximum absolute atomic E-state index is 12.9. The first kappa shape index (κ1) is 19.2. The van der Waals surface area contributed by atoms with Gasteiger partial charge in [0, 0.05) is 24.5 Å². The quantitative estimate of drug-likeness (QED) is 0.823. The molecule has 1 fully saturated rings. The van der Waals surface area contributed by atoms with E-state index >= 15 is 0 Å². The average molecular weight is 388 g/mol. The Morgan fingerprint density at radius 1 is 1.04 bits per heavy atom. The Morgan fingerprint density at radius 2 is 1.74 bits per heavy atom. The number of aryl methyl sites for hydroxylation is 2. The molecule has 0 atom stereocenters. The van der Waals surface area contributed by atoms with Crippen molar-refractivity contribution in [3.05, 3.63) is 53.1 Å². The molecule has 1 amide bonds. The number of carbonyl (C=O) groups excluding carboxylic acids is 1. The van der Waals surface area contributed by atoms with Gasteiger partial charge in [-0.3, -0.25) is 9.52 Å². The number of anilines is 3. The lowest BCUT2D eigenvalue weighted by Crippen LogP contribution is -2.23. The zero-order chi connectivity index (χ0) is 19.6. The fourth-order valence-electron chi connectivity index (χ4n) is 3.27. The summed E-state index contributed by atoms with van der Waals surface area (Å²) in [5.41, 5.74) is 4.38. The third-order valence-corrected chi connectivity index (χ3v) is 5.22. The third-order valence-electron chi connectivity index (χ3n) is 4.63. The van der Waals surface area contributed by atoms with Crippen LogP contribution in [0, 0.1) is 13.8 Å². The molecule has 0 unspecified atom stereocenters. The van der Waals surface area contributed by atoms with Crippen LogP contribution in [-0.2, 0) is 10.0 Å². The number of sulfonamides is 1. The van der Waals surface area contributed by atoms with Gasteiger partial charge in [-0.2, -0.15) is 0 Å². The molecule has 0 bridgehead atoms. The molecule has 1 saturated heterocycles. The summed E-state index contributed by atoms with van der Waals surface area (Å²) in [6.45, 7) is 5.68. The highest BCUT2D eigenvalue weighted by Gasteiger charge is 2.20. The predicted octanol–water partition coefficient (Wildman–Crippen LogP) is 3.53. The van der Waals surface area contributed by atoms with Crippen LogP contribution in [0.1, 0.15) is 34.3 Å². The van der Waals surface area contributed by atoms with Crippen LogP contribution in [0.5, 0.6) is 0 Å². The first-order valence-corrected chi connectivity index (χ1v) is 10.9. The van der Waals surface area contributed by atoms with E-state index in [1.54, 1.807) is 18.2 Å². The van der Waals surface area contributed by atoms with Crippen LogP contribution in [-0.4, -0.2) is 33.7 Å². The van der Waals surface area contributed by atoms with Crippen molar-refractivity contribution >= 4 is 33.0 Å². The minimum Gasteiger partial charge on any atom is -0.371 e. The molecule has 0 spiro atoms. The van der Waals surface area contributed by atoms with Gasteiger partial charge in [-0.1, -0.05) is 17.7 Å². The Kier molecular flexibility index (Phi) is 5.41. The van der Waals surface area contributed by atoms with Crippen LogP contribution in [0.25, 0.3) is 0 Å². The third kappa shape index (κ3) is 4.80. The highest BCUT2D eigenvalue weighted by atomic mass is 32.2. The lowest BCUT2D eigenvalue weighted by Gasteiger charge is -2.21. The van der Waals surface area contributed by atoms with E-state index in [-0.39, 0.29) is 5.91 Å². The Balaban J connectivity index is 1.88. The van der Waals surface area contributed by atoms with Gasteiger partial charge in [0.25, 0.3) is 5.91 Å². The Hall–Kier alpha value is -2.54. The van der Waals surface area contributed by atoms with Crippen LogP contribution in [0.4, 0.5) is 17.1 Å². The first-order valence-electron chi connectivity index (χ1n) is 8.98. The lowest BCUT2D eigenvalue weighted by atomic mass is 10.1. The van der Waals surface area contributed by atoms with Crippen LogP contribution in [0.15, 0.2) is 36.4 Å². The van der Waals surface area contributed by atoms with Crippen LogP contribution >= 0.6 is 0 Å². The summed E-state index contributed by atoms with van der Waals surface area (Å²) < 4.78 is 25.5. The molecule has 0 saturated carbocycles. The molecule has 1 aliphatic rings. The normalized spacial score (nSPS) is 14.3. The summed E-state index contributed by atoms with van der Waals surface area (Å²) in [4.78, 5) is 15.2. The molecule has 0 aliphatic carbocycles. The largest absolute Gasteiger partial charge is 0.371 e. The molecular formula is C20H25N3O3S. The van der Waals surface area contributed by atoms with Gasteiger partial charge < -0.3 is 10.2 Å². The van der Waals surface area contributed by atoms with Gasteiger partial charge in [-0.15, -0.1) is 0 Å². The number of rotatable bonds is 5. The summed E-state index contributed by atoms with van der Waals surface area (Å²) in [6, 6.07) is 11.1. The number of amides is 1. The molecule has 2 aromatic rings. The van der Waals surface area contributed by atoms with E-state index in [0.717, 1.165) is 49.0 Å². The summed E-state index contributed by atoms with van der Waals surface area (Å²) in [5, 5.41) is 2.90. The van der Waals surface area contributed by atoms with Crippen molar-refractivity contribution in [3.8, 4) is 0 Å². The van der Waals surface area contributed by atoms with E-state index in [0.29, 0.717) is 16.9 Å². The summed E-state index contributed by atoms with van der Waals surface area (Å²) in [7, 11) is -3.39. The molecule has 2 N–H and O–H groups in total. The smallest absolute Gasteiger partial charge is 0.257 e. The van der Waals surface area contributed by atoms with E-state index < -0.39 is 10.0 Å². The van der Waals surface area contributed by atoms with Crippen molar-refractivity contribution < 1.29 is 13.2 Å². The highest BCUT2D eigenvalue weighted by Crippen LogP contribution is 2.27. The van der Waals surface area contributed by atoms with Crippen molar-refractivity contribution in [2.24, 2.45) is 0 Å². The fourth-order valence-corrected chi connectivity index (χ4v) is 3.89. The predicted molar refractivity (Wildman–Crippen MR) is 110 cm³/mol. The van der Waals surface area contributed by atoms with Crippen molar-refractivity contribution in [2.75, 3.05) is 34.3 Å².